The molecule has 108 valence electrons. The smallest absolute Gasteiger partial charge is 0.178 e. The zero-order chi connectivity index (χ0) is 14.1. The summed E-state index contributed by atoms with van der Waals surface area (Å²) >= 11 is 0. The maximum absolute atomic E-state index is 11.6. The molecule has 0 aliphatic rings. The topological polar surface area (TPSA) is 72.2 Å². The summed E-state index contributed by atoms with van der Waals surface area (Å²) in [5.74, 6) is 0.140. The SMILES string of the molecule is CCS(=O)(=O)c1ccc(NCCCCCCN)cc1. The van der Waals surface area contributed by atoms with E-state index in [0.29, 0.717) is 4.90 Å². The van der Waals surface area contributed by atoms with Crippen molar-refractivity contribution < 1.29 is 8.42 Å². The number of sulfone groups is 1. The third-order valence-electron chi connectivity index (χ3n) is 3.05. The van der Waals surface area contributed by atoms with E-state index in [4.69, 9.17) is 5.73 Å². The monoisotopic (exact) mass is 284 g/mol. The van der Waals surface area contributed by atoms with E-state index in [1.54, 1.807) is 19.1 Å². The summed E-state index contributed by atoms with van der Waals surface area (Å²) in [6, 6.07) is 6.97. The molecule has 5 heteroatoms. The van der Waals surface area contributed by atoms with E-state index in [-0.39, 0.29) is 5.75 Å². The number of nitrogens with two attached hydrogens (primary N) is 1. The number of nitrogens with one attached hydrogen (secondary N) is 1. The Bertz CT molecular complexity index is 455. The highest BCUT2D eigenvalue weighted by molar-refractivity contribution is 7.91. The van der Waals surface area contributed by atoms with Gasteiger partial charge in [0.15, 0.2) is 9.84 Å². The van der Waals surface area contributed by atoms with Gasteiger partial charge in [-0.05, 0) is 43.7 Å². The third-order valence-corrected chi connectivity index (χ3v) is 4.80. The van der Waals surface area contributed by atoms with E-state index < -0.39 is 9.84 Å². The van der Waals surface area contributed by atoms with Gasteiger partial charge in [-0.15, -0.1) is 0 Å². The second kappa shape index (κ2) is 8.17. The normalized spacial score (nSPS) is 11.5. The van der Waals surface area contributed by atoms with Crippen LogP contribution in [0.15, 0.2) is 29.2 Å². The first kappa shape index (κ1) is 16.0. The van der Waals surface area contributed by atoms with Crippen molar-refractivity contribution in [2.24, 2.45) is 5.73 Å². The minimum atomic E-state index is -3.09. The highest BCUT2D eigenvalue weighted by Gasteiger charge is 2.10. The van der Waals surface area contributed by atoms with Crippen molar-refractivity contribution in [3.05, 3.63) is 24.3 Å². The highest BCUT2D eigenvalue weighted by Crippen LogP contribution is 2.15. The molecule has 0 heterocycles. The summed E-state index contributed by atoms with van der Waals surface area (Å²) in [5.41, 5.74) is 6.40. The van der Waals surface area contributed by atoms with Crippen LogP contribution >= 0.6 is 0 Å². The lowest BCUT2D eigenvalue weighted by molar-refractivity contribution is 0.597. The molecule has 0 spiro atoms. The highest BCUT2D eigenvalue weighted by atomic mass is 32.2. The van der Waals surface area contributed by atoms with E-state index in [0.717, 1.165) is 31.6 Å². The number of rotatable bonds is 9. The van der Waals surface area contributed by atoms with Crippen LogP contribution in [0.1, 0.15) is 32.6 Å². The molecule has 0 amide bonds. The summed E-state index contributed by atoms with van der Waals surface area (Å²) in [6.07, 6.45) is 4.54. The first-order valence-corrected chi connectivity index (χ1v) is 8.52. The maximum atomic E-state index is 11.6. The molecule has 0 aliphatic heterocycles. The number of benzene rings is 1. The molecule has 0 radical (unpaired) electrons. The fourth-order valence-electron chi connectivity index (χ4n) is 1.80. The van der Waals surface area contributed by atoms with Crippen LogP contribution in [-0.4, -0.2) is 27.3 Å². The van der Waals surface area contributed by atoms with Crippen molar-refractivity contribution in [3.63, 3.8) is 0 Å². The first-order valence-electron chi connectivity index (χ1n) is 6.87. The van der Waals surface area contributed by atoms with Gasteiger partial charge in [0.25, 0.3) is 0 Å². The Kier molecular flexibility index (Phi) is 6.87. The summed E-state index contributed by atoms with van der Waals surface area (Å²) in [5, 5.41) is 3.29. The quantitative estimate of drug-likeness (QED) is 0.683. The molecule has 0 fully saturated rings. The molecular weight excluding hydrogens is 260 g/mol. The maximum Gasteiger partial charge on any atom is 0.178 e. The third kappa shape index (κ3) is 5.61. The van der Waals surface area contributed by atoms with Crippen molar-refractivity contribution >= 4 is 15.5 Å². The molecule has 19 heavy (non-hydrogen) atoms. The van der Waals surface area contributed by atoms with Crippen molar-refractivity contribution in [2.75, 3.05) is 24.2 Å². The van der Waals surface area contributed by atoms with Gasteiger partial charge in [-0.1, -0.05) is 19.8 Å². The molecule has 0 aromatic heterocycles. The number of anilines is 1. The van der Waals surface area contributed by atoms with Crippen LogP contribution in [0.2, 0.25) is 0 Å². The van der Waals surface area contributed by atoms with Crippen LogP contribution < -0.4 is 11.1 Å². The average molecular weight is 284 g/mol. The van der Waals surface area contributed by atoms with Gasteiger partial charge in [-0.2, -0.15) is 0 Å². The second-order valence-corrected chi connectivity index (χ2v) is 6.84. The van der Waals surface area contributed by atoms with Crippen LogP contribution in [0.4, 0.5) is 5.69 Å². The van der Waals surface area contributed by atoms with Crippen LogP contribution in [0.25, 0.3) is 0 Å². The van der Waals surface area contributed by atoms with Crippen molar-refractivity contribution in [2.45, 2.75) is 37.5 Å². The van der Waals surface area contributed by atoms with Gasteiger partial charge in [0.1, 0.15) is 0 Å². The molecule has 0 atom stereocenters. The van der Waals surface area contributed by atoms with Gasteiger partial charge < -0.3 is 11.1 Å². The standard InChI is InChI=1S/C14H24N2O2S/c1-2-19(17,18)14-9-7-13(8-10-14)16-12-6-4-3-5-11-15/h7-10,16H,2-6,11-12,15H2,1H3. The minimum Gasteiger partial charge on any atom is -0.385 e. The summed E-state index contributed by atoms with van der Waals surface area (Å²) in [7, 11) is -3.09. The van der Waals surface area contributed by atoms with Gasteiger partial charge in [-0.3, -0.25) is 0 Å². The van der Waals surface area contributed by atoms with E-state index in [1.165, 1.54) is 12.8 Å². The Balaban J connectivity index is 2.37. The molecule has 1 aromatic rings. The Morgan fingerprint density at radius 3 is 2.26 bits per heavy atom. The Morgan fingerprint density at radius 1 is 1.05 bits per heavy atom. The van der Waals surface area contributed by atoms with Gasteiger partial charge in [-0.25, -0.2) is 8.42 Å². The molecular formula is C14H24N2O2S. The van der Waals surface area contributed by atoms with E-state index in [1.807, 2.05) is 12.1 Å². The van der Waals surface area contributed by atoms with Crippen LogP contribution in [0.3, 0.4) is 0 Å². The van der Waals surface area contributed by atoms with E-state index in [2.05, 4.69) is 5.32 Å². The van der Waals surface area contributed by atoms with Crippen molar-refractivity contribution in [1.82, 2.24) is 0 Å². The fourth-order valence-corrected chi connectivity index (χ4v) is 2.69. The largest absolute Gasteiger partial charge is 0.385 e. The first-order chi connectivity index (χ1) is 9.10. The number of unbranched alkanes of at least 4 members (excludes halogenated alkanes) is 3. The van der Waals surface area contributed by atoms with Gasteiger partial charge in [0.2, 0.25) is 0 Å². The Hall–Kier alpha value is -1.07. The lowest BCUT2D eigenvalue weighted by Gasteiger charge is -2.07. The number of hydrogen-bond donors (Lipinski definition) is 2. The molecule has 0 bridgehead atoms. The van der Waals surface area contributed by atoms with Crippen LogP contribution in [0, 0.1) is 0 Å². The Morgan fingerprint density at radius 2 is 1.68 bits per heavy atom. The lowest BCUT2D eigenvalue weighted by Crippen LogP contribution is -2.05. The van der Waals surface area contributed by atoms with Crippen molar-refractivity contribution in [1.29, 1.82) is 0 Å². The molecule has 0 aliphatic carbocycles. The molecule has 0 saturated carbocycles. The summed E-state index contributed by atoms with van der Waals surface area (Å²) in [6.45, 7) is 3.33. The van der Waals surface area contributed by atoms with Crippen LogP contribution in [-0.2, 0) is 9.84 Å². The zero-order valence-corrected chi connectivity index (χ0v) is 12.4. The van der Waals surface area contributed by atoms with E-state index >= 15 is 0 Å². The Labute approximate surface area is 116 Å². The summed E-state index contributed by atoms with van der Waals surface area (Å²) in [4.78, 5) is 0.392. The zero-order valence-electron chi connectivity index (χ0n) is 11.6. The average Bonchev–Trinajstić information content (AvgIpc) is 2.43. The van der Waals surface area contributed by atoms with Gasteiger partial charge >= 0.3 is 0 Å². The molecule has 4 nitrogen and oxygen atoms in total. The van der Waals surface area contributed by atoms with Gasteiger partial charge in [0, 0.05) is 12.2 Å². The molecule has 1 aromatic carbocycles. The number of hydrogen-bond acceptors (Lipinski definition) is 4. The van der Waals surface area contributed by atoms with Crippen LogP contribution in [0.5, 0.6) is 0 Å². The fraction of sp³-hybridized carbons (Fsp3) is 0.571. The van der Waals surface area contributed by atoms with Crippen molar-refractivity contribution in [3.8, 4) is 0 Å². The molecule has 0 unspecified atom stereocenters. The predicted molar refractivity (Wildman–Crippen MR) is 80.2 cm³/mol. The van der Waals surface area contributed by atoms with Gasteiger partial charge in [0.05, 0.1) is 10.6 Å². The predicted octanol–water partition coefficient (Wildman–Crippen LogP) is 2.41. The molecule has 3 N–H and O–H groups in total. The minimum absolute atomic E-state index is 0.140. The van der Waals surface area contributed by atoms with E-state index in [9.17, 15) is 8.42 Å². The summed E-state index contributed by atoms with van der Waals surface area (Å²) < 4.78 is 23.3. The molecule has 0 saturated heterocycles. The second-order valence-electron chi connectivity index (χ2n) is 4.56. The lowest BCUT2D eigenvalue weighted by atomic mass is 10.2. The molecule has 1 rings (SSSR count).